The van der Waals surface area contributed by atoms with E-state index in [1.165, 1.54) is 0 Å². The molecule has 17 heavy (non-hydrogen) atoms. The SMILES string of the molecule is CN(CC(F)F)S(=O)(=O)c1cnc(NN)nc1. The number of aromatic nitrogens is 2. The first-order valence-electron chi connectivity index (χ1n) is 4.41. The molecule has 1 heterocycles. The van der Waals surface area contributed by atoms with Crippen molar-refractivity contribution in [2.75, 3.05) is 19.0 Å². The molecule has 0 aliphatic rings. The predicted molar refractivity (Wildman–Crippen MR) is 55.7 cm³/mol. The Hall–Kier alpha value is -1.39. The van der Waals surface area contributed by atoms with E-state index >= 15 is 0 Å². The monoisotopic (exact) mass is 267 g/mol. The van der Waals surface area contributed by atoms with E-state index in [0.29, 0.717) is 4.31 Å². The van der Waals surface area contributed by atoms with Crippen molar-refractivity contribution >= 4 is 16.0 Å². The van der Waals surface area contributed by atoms with Gasteiger partial charge in [-0.2, -0.15) is 4.31 Å². The molecule has 0 fully saturated rings. The number of nitrogens with zero attached hydrogens (tertiary/aromatic N) is 3. The van der Waals surface area contributed by atoms with E-state index in [1.807, 2.05) is 0 Å². The standard InChI is InChI=1S/C7H11F2N5O2S/c1-14(4-6(8)9)17(15,16)5-2-11-7(13-10)12-3-5/h2-3,6H,4,10H2,1H3,(H,11,12,13). The van der Waals surface area contributed by atoms with E-state index < -0.39 is 23.0 Å². The van der Waals surface area contributed by atoms with Gasteiger partial charge in [0, 0.05) is 7.05 Å². The Kier molecular flexibility index (Phi) is 4.26. The molecule has 10 heteroatoms. The number of hydrazine groups is 1. The van der Waals surface area contributed by atoms with Crippen LogP contribution in [0.15, 0.2) is 17.3 Å². The fourth-order valence-electron chi connectivity index (χ4n) is 0.996. The van der Waals surface area contributed by atoms with Crippen molar-refractivity contribution in [2.45, 2.75) is 11.3 Å². The van der Waals surface area contributed by atoms with Crippen LogP contribution in [0.2, 0.25) is 0 Å². The second kappa shape index (κ2) is 5.29. The van der Waals surface area contributed by atoms with Gasteiger partial charge in [0.1, 0.15) is 4.90 Å². The first kappa shape index (κ1) is 13.7. The summed E-state index contributed by atoms with van der Waals surface area (Å²) in [5.41, 5.74) is 2.12. The van der Waals surface area contributed by atoms with E-state index in [9.17, 15) is 17.2 Å². The summed E-state index contributed by atoms with van der Waals surface area (Å²) in [6, 6.07) is 0. The number of sulfonamides is 1. The molecule has 0 unspecified atom stereocenters. The van der Waals surface area contributed by atoms with Crippen LogP contribution in [-0.4, -0.2) is 42.7 Å². The third-order valence-corrected chi connectivity index (χ3v) is 3.64. The van der Waals surface area contributed by atoms with E-state index in [0.717, 1.165) is 19.4 Å². The van der Waals surface area contributed by atoms with E-state index in [-0.39, 0.29) is 10.8 Å². The van der Waals surface area contributed by atoms with Crippen molar-refractivity contribution in [3.8, 4) is 0 Å². The van der Waals surface area contributed by atoms with Crippen LogP contribution in [0, 0.1) is 0 Å². The molecule has 0 radical (unpaired) electrons. The van der Waals surface area contributed by atoms with Gasteiger partial charge >= 0.3 is 0 Å². The second-order valence-corrected chi connectivity index (χ2v) is 5.11. The number of hydrogen-bond acceptors (Lipinski definition) is 6. The molecule has 0 aliphatic carbocycles. The highest BCUT2D eigenvalue weighted by Crippen LogP contribution is 2.13. The van der Waals surface area contributed by atoms with Crippen LogP contribution < -0.4 is 11.3 Å². The van der Waals surface area contributed by atoms with Crippen molar-refractivity contribution in [3.63, 3.8) is 0 Å². The van der Waals surface area contributed by atoms with Gasteiger partial charge in [0.15, 0.2) is 0 Å². The number of anilines is 1. The molecule has 3 N–H and O–H groups in total. The fraction of sp³-hybridized carbons (Fsp3) is 0.429. The Bertz CT molecular complexity index is 464. The number of nitrogens with one attached hydrogen (secondary N) is 1. The second-order valence-electron chi connectivity index (χ2n) is 3.06. The highest BCUT2D eigenvalue weighted by molar-refractivity contribution is 7.89. The van der Waals surface area contributed by atoms with Crippen LogP contribution in [0.5, 0.6) is 0 Å². The van der Waals surface area contributed by atoms with Crippen LogP contribution in [0.3, 0.4) is 0 Å². The number of nitrogens with two attached hydrogens (primary N) is 1. The zero-order chi connectivity index (χ0) is 13.1. The molecule has 0 bridgehead atoms. The summed E-state index contributed by atoms with van der Waals surface area (Å²) in [6.07, 6.45) is -0.778. The van der Waals surface area contributed by atoms with E-state index in [2.05, 4.69) is 15.4 Å². The number of nitrogen functional groups attached to an aromatic ring is 1. The maximum atomic E-state index is 12.1. The number of alkyl halides is 2. The van der Waals surface area contributed by atoms with E-state index in [4.69, 9.17) is 5.84 Å². The van der Waals surface area contributed by atoms with Crippen LogP contribution in [0.4, 0.5) is 14.7 Å². The molecule has 0 amide bonds. The Balaban J connectivity index is 2.96. The van der Waals surface area contributed by atoms with Crippen LogP contribution in [-0.2, 0) is 10.0 Å². The molecule has 0 atom stereocenters. The molecule has 96 valence electrons. The van der Waals surface area contributed by atoms with Gasteiger partial charge in [-0.15, -0.1) is 0 Å². The average Bonchev–Trinajstić information content (AvgIpc) is 2.28. The van der Waals surface area contributed by atoms with Crippen LogP contribution in [0.25, 0.3) is 0 Å². The first-order valence-corrected chi connectivity index (χ1v) is 5.85. The summed E-state index contributed by atoms with van der Waals surface area (Å²) in [6.45, 7) is -0.890. The van der Waals surface area contributed by atoms with Gasteiger partial charge in [0.05, 0.1) is 18.9 Å². The topological polar surface area (TPSA) is 101 Å². The summed E-state index contributed by atoms with van der Waals surface area (Å²) in [4.78, 5) is 6.89. The Labute approximate surface area is 96.7 Å². The molecule has 0 aromatic carbocycles. The van der Waals surface area contributed by atoms with Crippen molar-refractivity contribution in [1.82, 2.24) is 14.3 Å². The number of hydrogen-bond donors (Lipinski definition) is 2. The highest BCUT2D eigenvalue weighted by atomic mass is 32.2. The summed E-state index contributed by atoms with van der Waals surface area (Å²) in [5, 5.41) is 0. The zero-order valence-electron chi connectivity index (χ0n) is 8.84. The maximum absolute atomic E-state index is 12.1. The quantitative estimate of drug-likeness (QED) is 0.558. The van der Waals surface area contributed by atoms with Crippen molar-refractivity contribution in [2.24, 2.45) is 5.84 Å². The molecule has 1 rings (SSSR count). The molecule has 0 spiro atoms. The lowest BCUT2D eigenvalue weighted by atomic mass is 10.7. The number of halogens is 2. The smallest absolute Gasteiger partial charge is 0.252 e. The minimum Gasteiger partial charge on any atom is -0.292 e. The van der Waals surface area contributed by atoms with Gasteiger partial charge < -0.3 is 0 Å². The van der Waals surface area contributed by atoms with Crippen molar-refractivity contribution in [1.29, 1.82) is 0 Å². The first-order chi connectivity index (χ1) is 7.87. The van der Waals surface area contributed by atoms with Gasteiger partial charge in [-0.3, -0.25) is 5.43 Å². The molecule has 1 aromatic rings. The summed E-state index contributed by atoms with van der Waals surface area (Å²) in [7, 11) is -2.95. The van der Waals surface area contributed by atoms with Gasteiger partial charge in [-0.1, -0.05) is 0 Å². The zero-order valence-corrected chi connectivity index (χ0v) is 9.66. The number of rotatable bonds is 5. The lowest BCUT2D eigenvalue weighted by Gasteiger charge is -2.15. The maximum Gasteiger partial charge on any atom is 0.252 e. The van der Waals surface area contributed by atoms with Gasteiger partial charge in [0.25, 0.3) is 6.43 Å². The molecule has 0 saturated heterocycles. The van der Waals surface area contributed by atoms with Crippen LogP contribution in [0.1, 0.15) is 0 Å². The summed E-state index contributed by atoms with van der Waals surface area (Å²) < 4.78 is 48.2. The molecule has 1 aromatic heterocycles. The van der Waals surface area contributed by atoms with Crippen molar-refractivity contribution in [3.05, 3.63) is 12.4 Å². The lowest BCUT2D eigenvalue weighted by molar-refractivity contribution is 0.126. The average molecular weight is 267 g/mol. The largest absolute Gasteiger partial charge is 0.292 e. The molecule has 0 saturated carbocycles. The Morgan fingerprint density at radius 1 is 1.47 bits per heavy atom. The van der Waals surface area contributed by atoms with Crippen molar-refractivity contribution < 1.29 is 17.2 Å². The lowest BCUT2D eigenvalue weighted by Crippen LogP contribution is -2.31. The predicted octanol–water partition coefficient (Wildman–Crippen LogP) is -0.352. The highest BCUT2D eigenvalue weighted by Gasteiger charge is 2.24. The fourth-order valence-corrected chi connectivity index (χ4v) is 2.04. The van der Waals surface area contributed by atoms with Gasteiger partial charge in [-0.25, -0.2) is 33.0 Å². The van der Waals surface area contributed by atoms with E-state index in [1.54, 1.807) is 0 Å². The minimum atomic E-state index is -4.00. The summed E-state index contributed by atoms with van der Waals surface area (Å²) in [5.74, 6) is 5.03. The van der Waals surface area contributed by atoms with Gasteiger partial charge in [0.2, 0.25) is 16.0 Å². The Morgan fingerprint density at radius 2 is 2.00 bits per heavy atom. The molecular weight excluding hydrogens is 256 g/mol. The third-order valence-electron chi connectivity index (χ3n) is 1.86. The van der Waals surface area contributed by atoms with Crippen LogP contribution >= 0.6 is 0 Å². The Morgan fingerprint density at radius 3 is 2.41 bits per heavy atom. The third kappa shape index (κ3) is 3.28. The summed E-state index contributed by atoms with van der Waals surface area (Å²) >= 11 is 0. The van der Waals surface area contributed by atoms with Gasteiger partial charge in [-0.05, 0) is 0 Å². The molecule has 7 nitrogen and oxygen atoms in total. The normalized spacial score (nSPS) is 12.1. The molecule has 0 aliphatic heterocycles. The molecular formula is C7H11F2N5O2S. The minimum absolute atomic E-state index is 0.0282.